The SMILES string of the molecule is COc1ccc(F)cc1C(O)CN1c2sc(C(=O)O)c(C)c2C(=O)N(CC(C)(C)C(=O)NC(C)C)C1C. The first-order chi connectivity index (χ1) is 17.2. The van der Waals surface area contributed by atoms with E-state index in [9.17, 15) is 29.0 Å². The van der Waals surface area contributed by atoms with Crippen LogP contribution in [0.2, 0.25) is 0 Å². The number of rotatable bonds is 9. The lowest BCUT2D eigenvalue weighted by atomic mass is 9.90. The van der Waals surface area contributed by atoms with Gasteiger partial charge >= 0.3 is 5.97 Å². The van der Waals surface area contributed by atoms with Crippen LogP contribution in [-0.2, 0) is 4.79 Å². The quantitative estimate of drug-likeness (QED) is 0.447. The van der Waals surface area contributed by atoms with E-state index in [2.05, 4.69) is 5.32 Å². The van der Waals surface area contributed by atoms with E-state index < -0.39 is 29.5 Å². The van der Waals surface area contributed by atoms with Crippen LogP contribution in [0.5, 0.6) is 5.75 Å². The van der Waals surface area contributed by atoms with Gasteiger partial charge < -0.3 is 30.1 Å². The van der Waals surface area contributed by atoms with Crippen molar-refractivity contribution in [1.82, 2.24) is 10.2 Å². The third kappa shape index (κ3) is 5.57. The number of methoxy groups -OCH3 is 1. The molecule has 0 bridgehead atoms. The fourth-order valence-corrected chi connectivity index (χ4v) is 5.68. The molecule has 1 aromatic heterocycles. The summed E-state index contributed by atoms with van der Waals surface area (Å²) in [5.41, 5.74) is -0.190. The van der Waals surface area contributed by atoms with Crippen LogP contribution in [0.1, 0.15) is 71.9 Å². The van der Waals surface area contributed by atoms with Crippen LogP contribution < -0.4 is 15.0 Å². The van der Waals surface area contributed by atoms with Gasteiger partial charge in [-0.15, -0.1) is 11.3 Å². The summed E-state index contributed by atoms with van der Waals surface area (Å²) in [6.07, 6.45) is -1.86. The summed E-state index contributed by atoms with van der Waals surface area (Å²) in [5.74, 6) is -2.02. The lowest BCUT2D eigenvalue weighted by molar-refractivity contribution is -0.130. The predicted molar refractivity (Wildman–Crippen MR) is 139 cm³/mol. The molecule has 2 unspecified atom stereocenters. The zero-order chi connectivity index (χ0) is 27.8. The van der Waals surface area contributed by atoms with Crippen LogP contribution >= 0.6 is 11.3 Å². The molecule has 0 saturated carbocycles. The first-order valence-electron chi connectivity index (χ1n) is 12.0. The number of anilines is 1. The van der Waals surface area contributed by atoms with Gasteiger partial charge in [0.15, 0.2) is 0 Å². The Morgan fingerprint density at radius 2 is 1.92 bits per heavy atom. The molecule has 1 aliphatic heterocycles. The van der Waals surface area contributed by atoms with Crippen LogP contribution in [0.15, 0.2) is 18.2 Å². The van der Waals surface area contributed by atoms with Crippen LogP contribution in [0, 0.1) is 18.2 Å². The van der Waals surface area contributed by atoms with Gasteiger partial charge in [-0.05, 0) is 65.3 Å². The first-order valence-corrected chi connectivity index (χ1v) is 12.8. The fraction of sp³-hybridized carbons (Fsp3) is 0.500. The van der Waals surface area contributed by atoms with E-state index >= 15 is 0 Å². The van der Waals surface area contributed by atoms with E-state index in [1.54, 1.807) is 32.6 Å². The number of carboxylic acid groups (broad SMARTS) is 1. The molecule has 1 aliphatic rings. The van der Waals surface area contributed by atoms with Gasteiger partial charge in [0, 0.05) is 18.2 Å². The summed E-state index contributed by atoms with van der Waals surface area (Å²) in [4.78, 5) is 41.8. The predicted octanol–water partition coefficient (Wildman–Crippen LogP) is 3.80. The Morgan fingerprint density at radius 1 is 1.27 bits per heavy atom. The molecule has 3 N–H and O–H groups in total. The number of benzene rings is 1. The standard InChI is InChI=1S/C26H34FN3O6S/c1-13(2)28-25(35)26(5,6)12-30-15(4)29(11-18(31)17-10-16(27)8-9-19(17)36-7)23-20(22(30)32)14(3)21(37-23)24(33)34/h8-10,13,15,18,31H,11-12H2,1-7H3,(H,28,35)(H,33,34). The maximum atomic E-state index is 14.0. The van der Waals surface area contributed by atoms with E-state index in [1.165, 1.54) is 30.2 Å². The van der Waals surface area contributed by atoms with Gasteiger partial charge in [0.25, 0.3) is 5.91 Å². The van der Waals surface area contributed by atoms with E-state index in [-0.39, 0.29) is 46.9 Å². The van der Waals surface area contributed by atoms with Crippen LogP contribution in [0.4, 0.5) is 9.39 Å². The summed E-state index contributed by atoms with van der Waals surface area (Å²) in [6, 6.07) is 3.74. The molecule has 3 rings (SSSR count). The Morgan fingerprint density at radius 3 is 2.49 bits per heavy atom. The Hall–Kier alpha value is -3.18. The second-order valence-corrected chi connectivity index (χ2v) is 11.2. The number of fused-ring (bicyclic) bond motifs is 1. The first kappa shape index (κ1) is 28.4. The number of aromatic carboxylic acids is 1. The molecule has 0 fully saturated rings. The molecule has 0 radical (unpaired) electrons. The molecular weight excluding hydrogens is 501 g/mol. The minimum Gasteiger partial charge on any atom is -0.496 e. The average Bonchev–Trinajstić information content (AvgIpc) is 3.16. The van der Waals surface area contributed by atoms with Crippen molar-refractivity contribution in [3.63, 3.8) is 0 Å². The normalized spacial score (nSPS) is 16.6. The second kappa shape index (κ2) is 10.7. The molecule has 2 aromatic rings. The van der Waals surface area contributed by atoms with Crippen molar-refractivity contribution in [1.29, 1.82) is 0 Å². The van der Waals surface area contributed by atoms with Crippen molar-refractivity contribution < 1.29 is 33.7 Å². The molecule has 0 aliphatic carbocycles. The smallest absolute Gasteiger partial charge is 0.346 e. The second-order valence-electron chi connectivity index (χ2n) is 10.2. The zero-order valence-corrected chi connectivity index (χ0v) is 22.9. The lowest BCUT2D eigenvalue weighted by Crippen LogP contribution is -2.58. The number of halogens is 1. The zero-order valence-electron chi connectivity index (χ0n) is 22.1. The Labute approximate surface area is 219 Å². The Bertz CT molecular complexity index is 1210. The number of hydrogen-bond donors (Lipinski definition) is 3. The lowest BCUT2D eigenvalue weighted by Gasteiger charge is -2.45. The Kier molecular flexibility index (Phi) is 8.18. The van der Waals surface area contributed by atoms with E-state index in [1.807, 2.05) is 13.8 Å². The summed E-state index contributed by atoms with van der Waals surface area (Å²) >= 11 is 0.954. The number of nitrogens with zero attached hydrogens (tertiary/aromatic N) is 2. The fourth-order valence-electron chi connectivity index (χ4n) is 4.45. The van der Waals surface area contributed by atoms with E-state index in [0.717, 1.165) is 11.3 Å². The van der Waals surface area contributed by atoms with Gasteiger partial charge in [-0.25, -0.2) is 9.18 Å². The maximum Gasteiger partial charge on any atom is 0.346 e. The van der Waals surface area contributed by atoms with Crippen molar-refractivity contribution in [2.75, 3.05) is 25.1 Å². The minimum atomic E-state index is -1.22. The average molecular weight is 536 g/mol. The number of hydrogen-bond acceptors (Lipinski definition) is 7. The highest BCUT2D eigenvalue weighted by Crippen LogP contribution is 2.43. The number of carboxylic acids is 1. The van der Waals surface area contributed by atoms with Crippen molar-refractivity contribution in [2.45, 2.75) is 59.9 Å². The third-order valence-electron chi connectivity index (χ3n) is 6.48. The minimum absolute atomic E-state index is 0.0204. The third-order valence-corrected chi connectivity index (χ3v) is 7.80. The van der Waals surface area contributed by atoms with Gasteiger partial charge in [-0.2, -0.15) is 0 Å². The number of nitrogens with one attached hydrogen (secondary N) is 1. The molecule has 2 heterocycles. The van der Waals surface area contributed by atoms with Crippen LogP contribution in [-0.4, -0.2) is 65.3 Å². The van der Waals surface area contributed by atoms with Gasteiger partial charge in [0.2, 0.25) is 5.91 Å². The summed E-state index contributed by atoms with van der Waals surface area (Å²) < 4.78 is 19.3. The number of ether oxygens (including phenoxy) is 1. The molecular formula is C26H34FN3O6S. The van der Waals surface area contributed by atoms with Gasteiger partial charge in [0.05, 0.1) is 24.6 Å². The van der Waals surface area contributed by atoms with Gasteiger partial charge in [0.1, 0.15) is 33.7 Å². The topological polar surface area (TPSA) is 119 Å². The van der Waals surface area contributed by atoms with Crippen LogP contribution in [0.3, 0.4) is 0 Å². The summed E-state index contributed by atoms with van der Waals surface area (Å²) in [6.45, 7) is 10.5. The highest BCUT2D eigenvalue weighted by atomic mass is 32.1. The number of aliphatic hydroxyl groups is 1. The number of thiophene rings is 1. The number of aliphatic hydroxyl groups excluding tert-OH is 1. The van der Waals surface area contributed by atoms with E-state index in [0.29, 0.717) is 16.3 Å². The van der Waals surface area contributed by atoms with Crippen LogP contribution in [0.25, 0.3) is 0 Å². The van der Waals surface area contributed by atoms with E-state index in [4.69, 9.17) is 4.74 Å². The van der Waals surface area contributed by atoms with Crippen molar-refractivity contribution >= 4 is 34.1 Å². The molecule has 0 spiro atoms. The molecule has 11 heteroatoms. The molecule has 2 amide bonds. The van der Waals surface area contributed by atoms with Crippen molar-refractivity contribution in [3.05, 3.63) is 45.6 Å². The Balaban J connectivity index is 2.06. The van der Waals surface area contributed by atoms with Crippen molar-refractivity contribution in [2.24, 2.45) is 5.41 Å². The molecule has 1 aromatic carbocycles. The largest absolute Gasteiger partial charge is 0.496 e. The molecule has 2 atom stereocenters. The number of amides is 2. The number of carbonyl (C=O) groups excluding carboxylic acids is 2. The summed E-state index contributed by atoms with van der Waals surface area (Å²) in [7, 11) is 1.41. The highest BCUT2D eigenvalue weighted by Gasteiger charge is 2.43. The molecule has 9 nitrogen and oxygen atoms in total. The summed E-state index contributed by atoms with van der Waals surface area (Å²) in [5, 5.41) is 24.2. The highest BCUT2D eigenvalue weighted by molar-refractivity contribution is 7.18. The molecule has 202 valence electrons. The monoisotopic (exact) mass is 535 g/mol. The number of carbonyl (C=O) groups is 3. The molecule has 0 saturated heterocycles. The van der Waals surface area contributed by atoms with Crippen molar-refractivity contribution in [3.8, 4) is 5.75 Å². The van der Waals surface area contributed by atoms with Gasteiger partial charge in [-0.3, -0.25) is 9.59 Å². The van der Waals surface area contributed by atoms with Gasteiger partial charge in [-0.1, -0.05) is 0 Å². The number of β-amino-alcohol motifs (C(OH)–C–C–N with tert-alkyl or cyclic N) is 1. The molecule has 37 heavy (non-hydrogen) atoms. The maximum absolute atomic E-state index is 14.0.